The molecule has 0 aliphatic heterocycles. The normalized spacial score (nSPS) is 13.6. The smallest absolute Gasteiger partial charge is 0.256 e. The van der Waals surface area contributed by atoms with Crippen molar-refractivity contribution in [2.24, 2.45) is 0 Å². The van der Waals surface area contributed by atoms with Crippen LogP contribution >= 0.6 is 11.8 Å². The summed E-state index contributed by atoms with van der Waals surface area (Å²) in [6.07, 6.45) is 4.89. The Labute approximate surface area is 202 Å². The lowest BCUT2D eigenvalue weighted by molar-refractivity contribution is 0.102. The Morgan fingerprint density at radius 3 is 2.65 bits per heavy atom. The van der Waals surface area contributed by atoms with Gasteiger partial charge in [-0.1, -0.05) is 36.4 Å². The van der Waals surface area contributed by atoms with E-state index in [2.05, 4.69) is 20.8 Å². The summed E-state index contributed by atoms with van der Waals surface area (Å²) in [7, 11) is 0. The molecule has 1 aliphatic rings. The van der Waals surface area contributed by atoms with Crippen molar-refractivity contribution in [2.75, 3.05) is 5.32 Å². The number of thioether (sulfide) groups is 1. The Hall–Kier alpha value is -3.65. The van der Waals surface area contributed by atoms with Gasteiger partial charge in [-0.2, -0.15) is 4.68 Å². The van der Waals surface area contributed by atoms with Crippen LogP contribution < -0.4 is 10.1 Å². The van der Waals surface area contributed by atoms with Crippen molar-refractivity contribution < 1.29 is 9.53 Å². The third-order valence-corrected chi connectivity index (χ3v) is 6.79. The number of aromatic nitrogens is 4. The fourth-order valence-electron chi connectivity index (χ4n) is 4.03. The standard InChI is InChI=1S/C26H25N5O2S/c32-26(27-19-9-8-14-22(17-19)33-21-12-4-5-13-21)23-15-6-7-16-24(23)34-18-25-28-29-30-31(25)20-10-2-1-3-11-20/h1-3,6-11,14-17,21H,4-5,12-13,18H2,(H,27,32). The topological polar surface area (TPSA) is 81.9 Å². The van der Waals surface area contributed by atoms with Gasteiger partial charge in [0.25, 0.3) is 5.91 Å². The molecule has 1 amide bonds. The minimum atomic E-state index is -0.163. The number of amides is 1. The minimum absolute atomic E-state index is 0.163. The number of carbonyl (C=O) groups is 1. The molecule has 0 unspecified atom stereocenters. The van der Waals surface area contributed by atoms with Crippen LogP contribution in [0, 0.1) is 0 Å². The van der Waals surface area contributed by atoms with Gasteiger partial charge in [0.05, 0.1) is 23.1 Å². The highest BCUT2D eigenvalue weighted by Gasteiger charge is 2.17. The number of hydrogen-bond acceptors (Lipinski definition) is 6. The molecule has 1 fully saturated rings. The molecule has 0 radical (unpaired) electrons. The second-order valence-corrected chi connectivity index (χ2v) is 9.15. The number of tetrazole rings is 1. The molecule has 0 bridgehead atoms. The van der Waals surface area contributed by atoms with Gasteiger partial charge in [0.15, 0.2) is 5.82 Å². The number of carbonyl (C=O) groups excluding carboxylic acids is 1. The van der Waals surface area contributed by atoms with Crippen molar-refractivity contribution in [1.82, 2.24) is 20.2 Å². The van der Waals surface area contributed by atoms with Crippen LogP contribution in [0.15, 0.2) is 83.8 Å². The first kappa shape index (κ1) is 22.2. The summed E-state index contributed by atoms with van der Waals surface area (Å²) in [4.78, 5) is 14.0. The second kappa shape index (κ2) is 10.5. The van der Waals surface area contributed by atoms with Crippen molar-refractivity contribution in [2.45, 2.75) is 42.4 Å². The van der Waals surface area contributed by atoms with E-state index >= 15 is 0 Å². The third kappa shape index (κ3) is 5.28. The van der Waals surface area contributed by atoms with Gasteiger partial charge in [0, 0.05) is 16.6 Å². The fraction of sp³-hybridized carbons (Fsp3) is 0.231. The van der Waals surface area contributed by atoms with Crippen LogP contribution in [-0.4, -0.2) is 32.2 Å². The van der Waals surface area contributed by atoms with Gasteiger partial charge < -0.3 is 10.1 Å². The Morgan fingerprint density at radius 1 is 1.00 bits per heavy atom. The molecule has 172 valence electrons. The molecular weight excluding hydrogens is 446 g/mol. The van der Waals surface area contributed by atoms with E-state index in [1.807, 2.05) is 78.9 Å². The maximum Gasteiger partial charge on any atom is 0.256 e. The SMILES string of the molecule is O=C(Nc1cccc(OC2CCCC2)c1)c1ccccc1SCc1nnnn1-c1ccccc1. The van der Waals surface area contributed by atoms with Crippen molar-refractivity contribution in [1.29, 1.82) is 0 Å². The Morgan fingerprint density at radius 2 is 1.79 bits per heavy atom. The minimum Gasteiger partial charge on any atom is -0.490 e. The number of nitrogens with zero attached hydrogens (tertiary/aromatic N) is 4. The highest BCUT2D eigenvalue weighted by Crippen LogP contribution is 2.28. The van der Waals surface area contributed by atoms with Crippen LogP contribution in [0.2, 0.25) is 0 Å². The van der Waals surface area contributed by atoms with Crippen molar-refractivity contribution >= 4 is 23.4 Å². The Bertz CT molecular complexity index is 1250. The Kier molecular flexibility index (Phi) is 6.86. The summed E-state index contributed by atoms with van der Waals surface area (Å²) in [5, 5.41) is 15.1. The number of ether oxygens (including phenoxy) is 1. The van der Waals surface area contributed by atoms with Gasteiger partial charge in [-0.15, -0.1) is 16.9 Å². The van der Waals surface area contributed by atoms with Crippen LogP contribution in [-0.2, 0) is 5.75 Å². The van der Waals surface area contributed by atoms with Gasteiger partial charge in [-0.3, -0.25) is 4.79 Å². The summed E-state index contributed by atoms with van der Waals surface area (Å²) >= 11 is 1.53. The van der Waals surface area contributed by atoms with Crippen molar-refractivity contribution in [3.8, 4) is 11.4 Å². The molecule has 5 rings (SSSR count). The molecule has 0 atom stereocenters. The highest BCUT2D eigenvalue weighted by molar-refractivity contribution is 7.98. The molecule has 8 heteroatoms. The van der Waals surface area contributed by atoms with Gasteiger partial charge in [-0.25, -0.2) is 0 Å². The third-order valence-electron chi connectivity index (χ3n) is 5.72. The first-order chi connectivity index (χ1) is 16.8. The van der Waals surface area contributed by atoms with Gasteiger partial charge in [-0.05, 0) is 72.5 Å². The van der Waals surface area contributed by atoms with E-state index in [1.165, 1.54) is 24.6 Å². The highest BCUT2D eigenvalue weighted by atomic mass is 32.2. The average molecular weight is 472 g/mol. The molecule has 0 saturated heterocycles. The monoisotopic (exact) mass is 471 g/mol. The van der Waals surface area contributed by atoms with Crippen LogP contribution in [0.4, 0.5) is 5.69 Å². The molecule has 34 heavy (non-hydrogen) atoms. The molecule has 0 spiro atoms. The van der Waals surface area contributed by atoms with Crippen LogP contribution in [0.5, 0.6) is 5.75 Å². The zero-order chi connectivity index (χ0) is 23.2. The second-order valence-electron chi connectivity index (χ2n) is 8.13. The van der Waals surface area contributed by atoms with E-state index in [4.69, 9.17) is 4.74 Å². The summed E-state index contributed by atoms with van der Waals surface area (Å²) in [5.74, 6) is 1.86. The molecule has 1 saturated carbocycles. The maximum absolute atomic E-state index is 13.1. The molecule has 7 nitrogen and oxygen atoms in total. The first-order valence-electron chi connectivity index (χ1n) is 11.4. The van der Waals surface area contributed by atoms with E-state index in [-0.39, 0.29) is 12.0 Å². The van der Waals surface area contributed by atoms with Gasteiger partial charge in [0.1, 0.15) is 5.75 Å². The van der Waals surface area contributed by atoms with E-state index < -0.39 is 0 Å². The molecule has 1 N–H and O–H groups in total. The summed E-state index contributed by atoms with van der Waals surface area (Å²) < 4.78 is 7.79. The lowest BCUT2D eigenvalue weighted by Gasteiger charge is -2.14. The van der Waals surface area contributed by atoms with E-state index in [0.717, 1.165) is 29.2 Å². The van der Waals surface area contributed by atoms with Gasteiger partial charge in [0.2, 0.25) is 0 Å². The number of anilines is 1. The number of rotatable bonds is 8. The molecule has 1 heterocycles. The lowest BCUT2D eigenvalue weighted by Crippen LogP contribution is -2.14. The van der Waals surface area contributed by atoms with E-state index in [9.17, 15) is 4.79 Å². The predicted octanol–water partition coefficient (Wildman–Crippen LogP) is 5.53. The summed E-state index contributed by atoms with van der Waals surface area (Å²) in [5.41, 5.74) is 2.22. The number of para-hydroxylation sites is 1. The van der Waals surface area contributed by atoms with Crippen LogP contribution in [0.1, 0.15) is 41.9 Å². The zero-order valence-corrected chi connectivity index (χ0v) is 19.4. The molecule has 3 aromatic carbocycles. The van der Waals surface area contributed by atoms with Crippen LogP contribution in [0.25, 0.3) is 5.69 Å². The van der Waals surface area contributed by atoms with Crippen LogP contribution in [0.3, 0.4) is 0 Å². The van der Waals surface area contributed by atoms with Crippen molar-refractivity contribution in [3.63, 3.8) is 0 Å². The predicted molar refractivity (Wildman–Crippen MR) is 132 cm³/mol. The fourth-order valence-corrected chi connectivity index (χ4v) is 4.99. The number of hydrogen-bond donors (Lipinski definition) is 1. The number of benzene rings is 3. The lowest BCUT2D eigenvalue weighted by atomic mass is 10.2. The molecule has 4 aromatic rings. The average Bonchev–Trinajstić information content (AvgIpc) is 3.56. The largest absolute Gasteiger partial charge is 0.490 e. The molecular formula is C26H25N5O2S. The maximum atomic E-state index is 13.1. The quantitative estimate of drug-likeness (QED) is 0.340. The van der Waals surface area contributed by atoms with E-state index in [0.29, 0.717) is 22.8 Å². The molecule has 1 aliphatic carbocycles. The number of nitrogens with one attached hydrogen (secondary N) is 1. The first-order valence-corrected chi connectivity index (χ1v) is 12.4. The van der Waals surface area contributed by atoms with E-state index in [1.54, 1.807) is 4.68 Å². The summed E-state index contributed by atoms with van der Waals surface area (Å²) in [6, 6.07) is 24.9. The zero-order valence-electron chi connectivity index (χ0n) is 18.6. The van der Waals surface area contributed by atoms with Crippen molar-refractivity contribution in [3.05, 3.63) is 90.3 Å². The molecule has 1 aromatic heterocycles. The summed E-state index contributed by atoms with van der Waals surface area (Å²) in [6.45, 7) is 0. The van der Waals surface area contributed by atoms with Gasteiger partial charge >= 0.3 is 0 Å². The Balaban J connectivity index is 1.27.